The Labute approximate surface area is 140 Å². The first-order valence-corrected chi connectivity index (χ1v) is 8.91. The third kappa shape index (κ3) is 3.28. The maximum Gasteiger partial charge on any atom is 0.220 e. The van der Waals surface area contributed by atoms with Crippen molar-refractivity contribution in [1.82, 2.24) is 0 Å². The van der Waals surface area contributed by atoms with Crippen LogP contribution in [0.5, 0.6) is 0 Å². The van der Waals surface area contributed by atoms with Gasteiger partial charge in [0.15, 0.2) is 30.1 Å². The van der Waals surface area contributed by atoms with Crippen LogP contribution in [0.4, 0.5) is 0 Å². The summed E-state index contributed by atoms with van der Waals surface area (Å²) in [5.41, 5.74) is 0. The van der Waals surface area contributed by atoms with Crippen LogP contribution in [-0.4, -0.2) is 59.5 Å². The van der Waals surface area contributed by atoms with E-state index < -0.39 is 17.9 Å². The van der Waals surface area contributed by atoms with E-state index >= 15 is 0 Å². The van der Waals surface area contributed by atoms with E-state index in [2.05, 4.69) is 0 Å². The molecule has 0 N–H and O–H groups in total. The van der Waals surface area contributed by atoms with Gasteiger partial charge in [0.05, 0.1) is 6.61 Å². The first-order chi connectivity index (χ1) is 10.2. The van der Waals surface area contributed by atoms with Crippen LogP contribution in [0.25, 0.3) is 0 Å². The van der Waals surface area contributed by atoms with E-state index in [9.17, 15) is 0 Å². The Kier molecular flexibility index (Phi) is 4.48. The minimum Gasteiger partial charge on any atom is -0.469 e. The van der Waals surface area contributed by atoms with Crippen LogP contribution in [0.15, 0.2) is 0 Å². The zero-order chi connectivity index (χ0) is 16.1. The van der Waals surface area contributed by atoms with Crippen molar-refractivity contribution in [3.63, 3.8) is 0 Å². The second-order valence-corrected chi connectivity index (χ2v) is 7.88. The van der Waals surface area contributed by atoms with Gasteiger partial charge >= 0.3 is 0 Å². The quantitative estimate of drug-likeness (QED) is 0.702. The van der Waals surface area contributed by atoms with Gasteiger partial charge in [0.25, 0.3) is 0 Å². The zero-order valence-electron chi connectivity index (χ0n) is 13.4. The third-order valence-corrected chi connectivity index (χ3v) is 4.85. The highest BCUT2D eigenvalue weighted by Gasteiger charge is 2.59. The van der Waals surface area contributed by atoms with Gasteiger partial charge in [-0.1, -0.05) is 11.8 Å². The van der Waals surface area contributed by atoms with Gasteiger partial charge in [0, 0.05) is 0 Å². The minimum absolute atomic E-state index is 0.245. The van der Waals surface area contributed by atoms with Crippen molar-refractivity contribution in [2.24, 2.45) is 0 Å². The second kappa shape index (κ2) is 5.84. The molecule has 3 aliphatic heterocycles. The van der Waals surface area contributed by atoms with Gasteiger partial charge in [-0.2, -0.15) is 0 Å². The molecule has 0 bridgehead atoms. The number of hydrogen-bond acceptors (Lipinski definition) is 8. The monoisotopic (exact) mass is 350 g/mol. The molecular formula is C14H22O6S2. The molecule has 0 aliphatic carbocycles. The Morgan fingerprint density at radius 1 is 1.09 bits per heavy atom. The Hall–Kier alpha value is 0.0400. The van der Waals surface area contributed by atoms with Crippen molar-refractivity contribution < 1.29 is 28.4 Å². The number of thioether (sulfide) groups is 1. The zero-order valence-corrected chi connectivity index (χ0v) is 15.0. The van der Waals surface area contributed by atoms with Gasteiger partial charge in [-0.25, -0.2) is 0 Å². The molecule has 22 heavy (non-hydrogen) atoms. The average molecular weight is 350 g/mol. The summed E-state index contributed by atoms with van der Waals surface area (Å²) in [6.07, 6.45) is 0.0796. The van der Waals surface area contributed by atoms with E-state index in [0.717, 1.165) is 0 Å². The summed E-state index contributed by atoms with van der Waals surface area (Å²) in [5, 5.41) is 0. The molecule has 0 saturated carbocycles. The Morgan fingerprint density at radius 3 is 2.41 bits per heavy atom. The van der Waals surface area contributed by atoms with Crippen LogP contribution in [0.1, 0.15) is 27.7 Å². The highest BCUT2D eigenvalue weighted by Crippen LogP contribution is 2.42. The normalized spacial score (nSPS) is 42.3. The lowest BCUT2D eigenvalue weighted by Crippen LogP contribution is -2.44. The van der Waals surface area contributed by atoms with E-state index in [0.29, 0.717) is 11.0 Å². The summed E-state index contributed by atoms with van der Waals surface area (Å²) < 4.78 is 35.6. The smallest absolute Gasteiger partial charge is 0.220 e. The molecule has 126 valence electrons. The van der Waals surface area contributed by atoms with Crippen molar-refractivity contribution in [3.8, 4) is 0 Å². The maximum atomic E-state index is 6.01. The molecule has 0 aromatic carbocycles. The van der Waals surface area contributed by atoms with Crippen LogP contribution in [0.3, 0.4) is 0 Å². The Balaban J connectivity index is 1.76. The molecule has 0 radical (unpaired) electrons. The summed E-state index contributed by atoms with van der Waals surface area (Å²) in [4.78, 5) is 0. The van der Waals surface area contributed by atoms with E-state index in [1.54, 1.807) is 0 Å². The Morgan fingerprint density at radius 2 is 1.82 bits per heavy atom. The number of hydrogen-bond donors (Lipinski definition) is 0. The number of ether oxygens (including phenoxy) is 6. The van der Waals surface area contributed by atoms with Crippen LogP contribution < -0.4 is 0 Å². The van der Waals surface area contributed by atoms with Gasteiger partial charge in [-0.05, 0) is 46.2 Å². The summed E-state index contributed by atoms with van der Waals surface area (Å²) in [6, 6.07) is 0. The molecule has 3 heterocycles. The van der Waals surface area contributed by atoms with Crippen molar-refractivity contribution in [2.45, 2.75) is 70.0 Å². The highest BCUT2D eigenvalue weighted by atomic mass is 32.2. The Bertz CT molecular complexity index is 455. The minimum atomic E-state index is -0.699. The summed E-state index contributed by atoms with van der Waals surface area (Å²) in [7, 11) is 0. The molecule has 0 spiro atoms. The molecule has 0 aromatic heterocycles. The van der Waals surface area contributed by atoms with Gasteiger partial charge in [0.2, 0.25) is 4.38 Å². The highest BCUT2D eigenvalue weighted by molar-refractivity contribution is 8.22. The number of rotatable bonds is 2. The summed E-state index contributed by atoms with van der Waals surface area (Å²) in [5.74, 6) is -1.33. The van der Waals surface area contributed by atoms with Crippen molar-refractivity contribution in [1.29, 1.82) is 0 Å². The van der Waals surface area contributed by atoms with E-state index in [1.807, 2.05) is 34.0 Å². The largest absolute Gasteiger partial charge is 0.469 e. The first-order valence-electron chi connectivity index (χ1n) is 7.28. The van der Waals surface area contributed by atoms with Crippen LogP contribution in [0.2, 0.25) is 0 Å². The molecule has 0 aromatic rings. The van der Waals surface area contributed by atoms with E-state index in [4.69, 9.17) is 40.6 Å². The predicted molar refractivity (Wildman–Crippen MR) is 84.6 cm³/mol. The van der Waals surface area contributed by atoms with Crippen LogP contribution in [-0.2, 0) is 28.4 Å². The van der Waals surface area contributed by atoms with Gasteiger partial charge < -0.3 is 28.4 Å². The molecule has 3 rings (SSSR count). The summed E-state index contributed by atoms with van der Waals surface area (Å²) in [6.45, 7) is 7.90. The van der Waals surface area contributed by atoms with Crippen molar-refractivity contribution in [2.75, 3.05) is 12.9 Å². The molecule has 1 unspecified atom stereocenters. The molecule has 5 atom stereocenters. The average Bonchev–Trinajstić information content (AvgIpc) is 3.01. The molecule has 3 fully saturated rings. The predicted octanol–water partition coefficient (Wildman–Crippen LogP) is 2.05. The van der Waals surface area contributed by atoms with Gasteiger partial charge in [0.1, 0.15) is 12.2 Å². The van der Waals surface area contributed by atoms with E-state index in [-0.39, 0.29) is 24.4 Å². The van der Waals surface area contributed by atoms with Crippen LogP contribution in [0, 0.1) is 0 Å². The van der Waals surface area contributed by atoms with Crippen molar-refractivity contribution >= 4 is 28.4 Å². The molecule has 3 saturated heterocycles. The molecule has 6 nitrogen and oxygen atoms in total. The molecule has 3 aliphatic rings. The SMILES string of the molecule is CSC(=S)O[C@H]1[C@@H]2OC(C)(C)O[C@H]2O[C@@H]1C1COC(C)(C)O1. The second-order valence-electron chi connectivity index (χ2n) is 6.47. The molecular weight excluding hydrogens is 328 g/mol. The fourth-order valence-electron chi connectivity index (χ4n) is 2.97. The fraction of sp³-hybridized carbons (Fsp3) is 0.929. The lowest BCUT2D eigenvalue weighted by atomic mass is 10.1. The van der Waals surface area contributed by atoms with Crippen LogP contribution >= 0.6 is 24.0 Å². The third-order valence-electron chi connectivity index (χ3n) is 3.82. The maximum absolute atomic E-state index is 6.01. The van der Waals surface area contributed by atoms with Gasteiger partial charge in [-0.3, -0.25) is 0 Å². The summed E-state index contributed by atoms with van der Waals surface area (Å²) >= 11 is 6.57. The van der Waals surface area contributed by atoms with Gasteiger partial charge in [-0.15, -0.1) is 0 Å². The standard InChI is InChI=1S/C14H22O6S2/c1-13(2)15-6-7(18-13)8-9(17-12(21)22-5)10-11(16-8)20-14(3,4)19-10/h7-11H,6H2,1-5H3/t7?,8-,9-,10+,11-/m1/s1. The number of thiocarbonyl (C=S) groups is 1. The number of fused-ring (bicyclic) bond motifs is 1. The topological polar surface area (TPSA) is 55.4 Å². The molecule has 8 heteroatoms. The fourth-order valence-corrected chi connectivity index (χ4v) is 3.29. The van der Waals surface area contributed by atoms with Crippen molar-refractivity contribution in [3.05, 3.63) is 0 Å². The molecule has 0 amide bonds. The lowest BCUT2D eigenvalue weighted by molar-refractivity contribution is -0.230. The van der Waals surface area contributed by atoms with E-state index in [1.165, 1.54) is 11.8 Å². The first kappa shape index (κ1) is 16.9. The lowest BCUT2D eigenvalue weighted by Gasteiger charge is -2.29.